The van der Waals surface area contributed by atoms with Gasteiger partial charge in [-0.05, 0) is 49.7 Å². The Labute approximate surface area is 193 Å². The molecule has 0 aliphatic carbocycles. The second-order valence-corrected chi connectivity index (χ2v) is 9.37. The summed E-state index contributed by atoms with van der Waals surface area (Å²) in [6.45, 7) is 2.56. The molecule has 0 aliphatic heterocycles. The van der Waals surface area contributed by atoms with E-state index in [4.69, 9.17) is 0 Å². The van der Waals surface area contributed by atoms with Gasteiger partial charge in [-0.25, -0.2) is 13.4 Å². The fourth-order valence-electron chi connectivity index (χ4n) is 3.50. The number of rotatable bonds is 5. The molecule has 0 saturated heterocycles. The summed E-state index contributed by atoms with van der Waals surface area (Å²) in [6.07, 6.45) is -2.10. The number of aryl methyl sites for hydroxylation is 1. The SMILES string of the molecule is Cc1cnc2c(c1)c(C#N)c(-c1ccc(S(=O)(=O)NC(C)C(F)(F)F)cn1)n2-c1ccccc1. The van der Waals surface area contributed by atoms with Gasteiger partial charge in [-0.15, -0.1) is 0 Å². The van der Waals surface area contributed by atoms with Crippen LogP contribution >= 0.6 is 0 Å². The average molecular weight is 485 g/mol. The van der Waals surface area contributed by atoms with Crippen molar-refractivity contribution in [2.24, 2.45) is 0 Å². The van der Waals surface area contributed by atoms with E-state index in [0.29, 0.717) is 34.9 Å². The number of halogens is 3. The molecule has 11 heteroatoms. The highest BCUT2D eigenvalue weighted by Gasteiger charge is 2.39. The molecule has 0 amide bonds. The first-order valence-corrected chi connectivity index (χ1v) is 11.5. The number of hydrogen-bond donors (Lipinski definition) is 1. The van der Waals surface area contributed by atoms with Crippen molar-refractivity contribution in [2.45, 2.75) is 31.0 Å². The molecule has 0 aliphatic rings. The van der Waals surface area contributed by atoms with Crippen LogP contribution in [0.1, 0.15) is 18.1 Å². The molecule has 0 bridgehead atoms. The van der Waals surface area contributed by atoms with Crippen LogP contribution in [0.25, 0.3) is 28.1 Å². The fourth-order valence-corrected chi connectivity index (χ4v) is 4.67. The maximum Gasteiger partial charge on any atom is 0.404 e. The molecule has 1 unspecified atom stereocenters. The average Bonchev–Trinajstić information content (AvgIpc) is 3.12. The smallest absolute Gasteiger partial charge is 0.291 e. The van der Waals surface area contributed by atoms with Crippen LogP contribution in [-0.4, -0.2) is 35.2 Å². The van der Waals surface area contributed by atoms with Crippen molar-refractivity contribution < 1.29 is 21.6 Å². The van der Waals surface area contributed by atoms with E-state index in [0.717, 1.165) is 17.8 Å². The zero-order chi connectivity index (χ0) is 24.7. The zero-order valence-electron chi connectivity index (χ0n) is 18.0. The minimum atomic E-state index is -4.73. The fraction of sp³-hybridized carbons (Fsp3) is 0.174. The van der Waals surface area contributed by atoms with E-state index < -0.39 is 27.1 Å². The number of nitrogens with one attached hydrogen (secondary N) is 1. The van der Waals surface area contributed by atoms with E-state index in [2.05, 4.69) is 16.0 Å². The highest BCUT2D eigenvalue weighted by molar-refractivity contribution is 7.89. The topological polar surface area (TPSA) is 101 Å². The molecule has 1 atom stereocenters. The van der Waals surface area contributed by atoms with Crippen LogP contribution in [0.5, 0.6) is 0 Å². The van der Waals surface area contributed by atoms with E-state index in [1.165, 1.54) is 6.07 Å². The summed E-state index contributed by atoms with van der Waals surface area (Å²) in [5.41, 5.74) is 3.02. The maximum absolute atomic E-state index is 12.8. The number of pyridine rings is 2. The van der Waals surface area contributed by atoms with Crippen molar-refractivity contribution in [3.63, 3.8) is 0 Å². The lowest BCUT2D eigenvalue weighted by molar-refractivity contribution is -0.147. The molecule has 3 aromatic heterocycles. The molecular formula is C23H18F3N5O2S. The molecular weight excluding hydrogens is 467 g/mol. The third-order valence-corrected chi connectivity index (χ3v) is 6.71. The highest BCUT2D eigenvalue weighted by Crippen LogP contribution is 2.35. The number of alkyl halides is 3. The summed E-state index contributed by atoms with van der Waals surface area (Å²) in [5.74, 6) is 0. The van der Waals surface area contributed by atoms with Gasteiger partial charge in [-0.1, -0.05) is 18.2 Å². The van der Waals surface area contributed by atoms with E-state index in [1.54, 1.807) is 15.5 Å². The van der Waals surface area contributed by atoms with Gasteiger partial charge < -0.3 is 0 Å². The van der Waals surface area contributed by atoms with Crippen LogP contribution in [0.2, 0.25) is 0 Å². The quantitative estimate of drug-likeness (QED) is 0.449. The number of hydrogen-bond acceptors (Lipinski definition) is 5. The summed E-state index contributed by atoms with van der Waals surface area (Å²) in [6, 6.07) is 13.4. The molecule has 0 radical (unpaired) electrons. The number of nitriles is 1. The standard InChI is InChI=1S/C23H18F3N5O2S/c1-14-10-18-19(11-27)21(31(22(18)29-12-14)16-6-4-3-5-7-16)20-9-8-17(13-28-20)34(32,33)30-15(2)23(24,25)26/h3-10,12-13,15,30H,1-2H3. The predicted molar refractivity (Wildman–Crippen MR) is 120 cm³/mol. The van der Waals surface area contributed by atoms with Crippen molar-refractivity contribution >= 4 is 21.1 Å². The van der Waals surface area contributed by atoms with Gasteiger partial charge in [0.15, 0.2) is 0 Å². The van der Waals surface area contributed by atoms with Crippen molar-refractivity contribution in [1.82, 2.24) is 19.3 Å². The number of para-hydroxylation sites is 1. The molecule has 1 N–H and O–H groups in total. The van der Waals surface area contributed by atoms with Crippen molar-refractivity contribution in [3.05, 3.63) is 72.1 Å². The molecule has 34 heavy (non-hydrogen) atoms. The lowest BCUT2D eigenvalue weighted by Gasteiger charge is -2.17. The molecule has 0 fully saturated rings. The van der Waals surface area contributed by atoms with Gasteiger partial charge in [0.2, 0.25) is 10.0 Å². The molecule has 7 nitrogen and oxygen atoms in total. The summed E-state index contributed by atoms with van der Waals surface area (Å²) in [7, 11) is -4.47. The first kappa shape index (κ1) is 23.4. The second kappa shape index (κ2) is 8.55. The Hall–Kier alpha value is -3.75. The van der Waals surface area contributed by atoms with E-state index >= 15 is 0 Å². The Morgan fingerprint density at radius 3 is 2.38 bits per heavy atom. The van der Waals surface area contributed by atoms with Gasteiger partial charge in [0.25, 0.3) is 0 Å². The van der Waals surface area contributed by atoms with Crippen molar-refractivity contribution in [3.8, 4) is 23.1 Å². The Morgan fingerprint density at radius 1 is 1.09 bits per heavy atom. The number of fused-ring (bicyclic) bond motifs is 1. The Kier molecular flexibility index (Phi) is 5.89. The Morgan fingerprint density at radius 2 is 1.79 bits per heavy atom. The van der Waals surface area contributed by atoms with Gasteiger partial charge >= 0.3 is 6.18 Å². The largest absolute Gasteiger partial charge is 0.404 e. The number of nitrogens with zero attached hydrogens (tertiary/aromatic N) is 4. The summed E-state index contributed by atoms with van der Waals surface area (Å²) < 4.78 is 66.6. The maximum atomic E-state index is 12.8. The third kappa shape index (κ3) is 4.25. The van der Waals surface area contributed by atoms with Crippen LogP contribution in [-0.2, 0) is 10.0 Å². The van der Waals surface area contributed by atoms with Gasteiger partial charge in [-0.3, -0.25) is 9.55 Å². The number of sulfonamides is 1. The normalized spacial score (nSPS) is 13.1. The van der Waals surface area contributed by atoms with E-state index in [-0.39, 0.29) is 5.69 Å². The molecule has 174 valence electrons. The third-order valence-electron chi connectivity index (χ3n) is 5.18. The molecule has 0 spiro atoms. The number of benzene rings is 1. The summed E-state index contributed by atoms with van der Waals surface area (Å²) in [5, 5.41) is 10.6. The highest BCUT2D eigenvalue weighted by atomic mass is 32.2. The molecule has 3 heterocycles. The van der Waals surface area contributed by atoms with Crippen LogP contribution in [0.3, 0.4) is 0 Å². The van der Waals surface area contributed by atoms with Crippen LogP contribution in [0, 0.1) is 18.3 Å². The van der Waals surface area contributed by atoms with E-state index in [1.807, 2.05) is 43.3 Å². The summed E-state index contributed by atoms with van der Waals surface area (Å²) >= 11 is 0. The van der Waals surface area contributed by atoms with Crippen LogP contribution < -0.4 is 4.72 Å². The molecule has 4 rings (SSSR count). The first-order valence-electron chi connectivity index (χ1n) is 10.0. The number of aromatic nitrogens is 3. The summed E-state index contributed by atoms with van der Waals surface area (Å²) in [4.78, 5) is 8.26. The van der Waals surface area contributed by atoms with Gasteiger partial charge in [0, 0.05) is 23.5 Å². The Balaban J connectivity index is 1.87. The lowest BCUT2D eigenvalue weighted by atomic mass is 10.1. The molecule has 0 saturated carbocycles. The minimum absolute atomic E-state index is 0.263. The van der Waals surface area contributed by atoms with Crippen LogP contribution in [0.15, 0.2) is 65.8 Å². The second-order valence-electron chi connectivity index (χ2n) is 7.65. The monoisotopic (exact) mass is 485 g/mol. The first-order chi connectivity index (χ1) is 16.0. The van der Waals surface area contributed by atoms with Crippen molar-refractivity contribution in [1.29, 1.82) is 5.26 Å². The predicted octanol–water partition coefficient (Wildman–Crippen LogP) is 4.50. The van der Waals surface area contributed by atoms with E-state index in [9.17, 15) is 26.9 Å². The van der Waals surface area contributed by atoms with Gasteiger partial charge in [0.05, 0.1) is 17.0 Å². The molecule has 4 aromatic rings. The minimum Gasteiger partial charge on any atom is -0.291 e. The lowest BCUT2D eigenvalue weighted by Crippen LogP contribution is -2.42. The van der Waals surface area contributed by atoms with Crippen molar-refractivity contribution in [2.75, 3.05) is 0 Å². The Bertz CT molecular complexity index is 1510. The van der Waals surface area contributed by atoms with Gasteiger partial charge in [0.1, 0.15) is 22.7 Å². The van der Waals surface area contributed by atoms with Gasteiger partial charge in [-0.2, -0.15) is 23.2 Å². The zero-order valence-corrected chi connectivity index (χ0v) is 18.8. The molecule has 1 aromatic carbocycles. The van der Waals surface area contributed by atoms with Crippen LogP contribution in [0.4, 0.5) is 13.2 Å².